The van der Waals surface area contributed by atoms with Crippen molar-refractivity contribution in [2.24, 2.45) is 0 Å². The van der Waals surface area contributed by atoms with Crippen LogP contribution in [0.25, 0.3) is 0 Å². The molecule has 2 aliphatic heterocycles. The van der Waals surface area contributed by atoms with Gasteiger partial charge in [0.2, 0.25) is 0 Å². The van der Waals surface area contributed by atoms with Crippen molar-refractivity contribution >= 4 is 23.2 Å². The van der Waals surface area contributed by atoms with Gasteiger partial charge in [-0.25, -0.2) is 0 Å². The maximum absolute atomic E-state index is 12.5. The highest BCUT2D eigenvalue weighted by atomic mass is 32.1. The highest BCUT2D eigenvalue weighted by molar-refractivity contribution is 7.10. The Morgan fingerprint density at radius 1 is 1.17 bits per heavy atom. The van der Waals surface area contributed by atoms with Crippen LogP contribution < -0.4 is 10.6 Å². The number of rotatable bonds is 7. The normalized spacial score (nSPS) is 16.9. The lowest BCUT2D eigenvalue weighted by Gasteiger charge is -2.22. The number of aliphatic hydroxyl groups is 2. The molecule has 0 saturated carbocycles. The first-order chi connectivity index (χ1) is 14.5. The van der Waals surface area contributed by atoms with Crippen LogP contribution in [0.1, 0.15) is 21.6 Å². The number of hydrogen-bond donors (Lipinski definition) is 4. The van der Waals surface area contributed by atoms with E-state index in [1.807, 2.05) is 48.1 Å². The van der Waals surface area contributed by atoms with Crippen LogP contribution in [-0.2, 0) is 35.8 Å². The fourth-order valence-corrected chi connectivity index (χ4v) is 4.38. The minimum Gasteiger partial charge on any atom is -0.380 e. The highest BCUT2D eigenvalue weighted by Crippen LogP contribution is 2.23. The van der Waals surface area contributed by atoms with Crippen molar-refractivity contribution < 1.29 is 19.8 Å². The molecule has 0 saturated heterocycles. The predicted molar refractivity (Wildman–Crippen MR) is 112 cm³/mol. The molecule has 158 valence electrons. The van der Waals surface area contributed by atoms with Crippen molar-refractivity contribution in [3.05, 3.63) is 69.7 Å². The van der Waals surface area contributed by atoms with Crippen LogP contribution in [0.5, 0.6) is 0 Å². The lowest BCUT2D eigenvalue weighted by Crippen LogP contribution is -2.49. The van der Waals surface area contributed by atoms with Gasteiger partial charge in [-0.15, -0.1) is 11.3 Å². The topological polar surface area (TPSA) is 105 Å². The van der Waals surface area contributed by atoms with Crippen molar-refractivity contribution in [2.45, 2.75) is 38.4 Å². The Labute approximate surface area is 178 Å². The molecule has 30 heavy (non-hydrogen) atoms. The molecule has 8 nitrogen and oxygen atoms in total. The highest BCUT2D eigenvalue weighted by Gasteiger charge is 2.35. The van der Waals surface area contributed by atoms with Gasteiger partial charge in [0.25, 0.3) is 11.8 Å². The van der Waals surface area contributed by atoms with Gasteiger partial charge >= 0.3 is 0 Å². The van der Waals surface area contributed by atoms with Gasteiger partial charge in [0, 0.05) is 36.9 Å². The summed E-state index contributed by atoms with van der Waals surface area (Å²) in [4.78, 5) is 29.3. The molecule has 3 heterocycles. The molecular weight excluding hydrogens is 404 g/mol. The lowest BCUT2D eigenvalue weighted by molar-refractivity contribution is -0.153. The molecule has 0 spiro atoms. The number of benzene rings is 1. The lowest BCUT2D eigenvalue weighted by atomic mass is 10.1. The Kier molecular flexibility index (Phi) is 6.03. The smallest absolute Gasteiger partial charge is 0.255 e. The number of fused-ring (bicyclic) bond motifs is 1. The molecule has 4 N–H and O–H groups in total. The molecule has 0 unspecified atom stereocenters. The largest absolute Gasteiger partial charge is 0.380 e. The van der Waals surface area contributed by atoms with Gasteiger partial charge in [-0.3, -0.25) is 9.59 Å². The number of nitrogens with zero attached hydrogens (tertiary/aromatic N) is 2. The summed E-state index contributed by atoms with van der Waals surface area (Å²) in [5.74, 6) is -1.42. The molecular formula is C21H24N4O4S. The zero-order valence-electron chi connectivity index (χ0n) is 16.3. The Morgan fingerprint density at radius 2 is 1.90 bits per heavy atom. The number of aliphatic hydroxyl groups excluding tert-OH is 2. The monoisotopic (exact) mass is 428 g/mol. The van der Waals surface area contributed by atoms with Crippen LogP contribution in [0, 0.1) is 0 Å². The number of nitrogens with one attached hydrogen (secondary N) is 2. The second-order valence-electron chi connectivity index (χ2n) is 7.42. The Bertz CT molecular complexity index is 935. The maximum Gasteiger partial charge on any atom is 0.255 e. The van der Waals surface area contributed by atoms with E-state index in [0.717, 1.165) is 34.8 Å². The van der Waals surface area contributed by atoms with Gasteiger partial charge < -0.3 is 30.6 Å². The predicted octanol–water partition coefficient (Wildman–Crippen LogP) is 0.462. The van der Waals surface area contributed by atoms with Crippen molar-refractivity contribution in [3.63, 3.8) is 0 Å². The van der Waals surface area contributed by atoms with Crippen molar-refractivity contribution in [3.8, 4) is 0 Å². The Hall–Kier alpha value is -2.88. The average Bonchev–Trinajstić information content (AvgIpc) is 3.51. The van der Waals surface area contributed by atoms with E-state index in [-0.39, 0.29) is 6.54 Å². The zero-order chi connectivity index (χ0) is 21.1. The van der Waals surface area contributed by atoms with Crippen LogP contribution >= 0.6 is 11.3 Å². The maximum atomic E-state index is 12.5. The van der Waals surface area contributed by atoms with E-state index in [1.165, 1.54) is 16.2 Å². The fourth-order valence-electron chi connectivity index (χ4n) is 3.56. The van der Waals surface area contributed by atoms with E-state index < -0.39 is 24.0 Å². The molecule has 4 rings (SSSR count). The van der Waals surface area contributed by atoms with Gasteiger partial charge in [-0.2, -0.15) is 0 Å². The summed E-state index contributed by atoms with van der Waals surface area (Å²) < 4.78 is 0. The second-order valence-corrected chi connectivity index (χ2v) is 8.41. The number of carbonyl (C=O) groups is 2. The summed E-state index contributed by atoms with van der Waals surface area (Å²) in [6.45, 7) is 2.48. The molecule has 1 aromatic heterocycles. The van der Waals surface area contributed by atoms with Crippen LogP contribution in [0.3, 0.4) is 0 Å². The van der Waals surface area contributed by atoms with Gasteiger partial charge in [0.15, 0.2) is 12.2 Å². The third-order valence-corrected chi connectivity index (χ3v) is 6.19. The third kappa shape index (κ3) is 4.48. The van der Waals surface area contributed by atoms with E-state index in [0.29, 0.717) is 13.1 Å². The number of amides is 2. The van der Waals surface area contributed by atoms with E-state index >= 15 is 0 Å². The molecule has 1 aromatic carbocycles. The van der Waals surface area contributed by atoms with Gasteiger partial charge in [-0.1, -0.05) is 24.3 Å². The van der Waals surface area contributed by atoms with E-state index in [1.54, 1.807) is 0 Å². The first-order valence-corrected chi connectivity index (χ1v) is 10.6. The van der Waals surface area contributed by atoms with E-state index in [9.17, 15) is 19.8 Å². The van der Waals surface area contributed by atoms with E-state index in [2.05, 4.69) is 15.5 Å². The van der Waals surface area contributed by atoms with Crippen LogP contribution in [0.15, 0.2) is 48.1 Å². The molecule has 0 radical (unpaired) electrons. The third-order valence-electron chi connectivity index (χ3n) is 5.20. The standard InChI is InChI=1S/C21H24N4O4S/c26-18(19(27)21(29)25-10-15-3-1-2-4-16(15)11-25)20(28)23-8-17-7-14(12-30-17)9-24-6-5-22-13-24/h1-7,12,18-19,22,26-27H,8-11,13H2,(H,23,28)/t18-,19-/m1/s1. The number of hydrogen-bond acceptors (Lipinski definition) is 7. The SMILES string of the molecule is O=C(NCc1cc(CN2C=CNC2)cs1)[C@H](O)[C@@H](O)C(=O)N1Cc2ccccc2C1. The van der Waals surface area contributed by atoms with Crippen LogP contribution in [0.2, 0.25) is 0 Å². The van der Waals surface area contributed by atoms with Crippen molar-refractivity contribution in [1.82, 2.24) is 20.4 Å². The molecule has 0 aliphatic carbocycles. The zero-order valence-corrected chi connectivity index (χ0v) is 17.1. The molecule has 2 atom stereocenters. The van der Waals surface area contributed by atoms with Crippen molar-refractivity contribution in [2.75, 3.05) is 6.67 Å². The summed E-state index contributed by atoms with van der Waals surface area (Å²) >= 11 is 1.51. The average molecular weight is 429 g/mol. The molecule has 0 fully saturated rings. The summed E-state index contributed by atoms with van der Waals surface area (Å²) in [5, 5.41) is 28.1. The molecule has 9 heteroatoms. The van der Waals surface area contributed by atoms with Gasteiger partial charge in [0.1, 0.15) is 0 Å². The van der Waals surface area contributed by atoms with Crippen LogP contribution in [0.4, 0.5) is 0 Å². The second kappa shape index (κ2) is 8.86. The van der Waals surface area contributed by atoms with E-state index in [4.69, 9.17) is 0 Å². The van der Waals surface area contributed by atoms with Gasteiger partial charge in [-0.05, 0) is 28.1 Å². The Balaban J connectivity index is 1.26. The summed E-state index contributed by atoms with van der Waals surface area (Å²) in [6.07, 6.45) is 0.254. The number of thiophene rings is 1. The van der Waals surface area contributed by atoms with Crippen molar-refractivity contribution in [1.29, 1.82) is 0 Å². The molecule has 2 aromatic rings. The first-order valence-electron chi connectivity index (χ1n) is 9.71. The van der Waals surface area contributed by atoms with Gasteiger partial charge in [0.05, 0.1) is 13.2 Å². The minimum atomic E-state index is -1.82. The summed E-state index contributed by atoms with van der Waals surface area (Å²) in [7, 11) is 0. The molecule has 0 bridgehead atoms. The quantitative estimate of drug-likeness (QED) is 0.511. The fraction of sp³-hybridized carbons (Fsp3) is 0.333. The van der Waals surface area contributed by atoms with Crippen LogP contribution in [-0.4, -0.2) is 50.7 Å². The summed E-state index contributed by atoms with van der Waals surface area (Å²) in [6, 6.07) is 9.61. The molecule has 2 aliphatic rings. The number of carbonyl (C=O) groups excluding carboxylic acids is 2. The Morgan fingerprint density at radius 3 is 2.57 bits per heavy atom. The first kappa shape index (κ1) is 20.4. The summed E-state index contributed by atoms with van der Waals surface area (Å²) in [5.41, 5.74) is 3.14. The molecule has 2 amide bonds. The minimum absolute atomic E-state index is 0.227.